The van der Waals surface area contributed by atoms with Gasteiger partial charge in [0.1, 0.15) is 0 Å². The van der Waals surface area contributed by atoms with Crippen molar-refractivity contribution in [2.45, 2.75) is 6.92 Å². The number of nitrogens with zero attached hydrogens (tertiary/aromatic N) is 2. The molecule has 0 aliphatic heterocycles. The minimum Gasteiger partial charge on any atom is -0.404 e. The minimum atomic E-state index is -2.44. The molecule has 0 aliphatic carbocycles. The van der Waals surface area contributed by atoms with E-state index >= 15 is 0 Å². The fraction of sp³-hybridized carbons (Fsp3) is 0.500. The Morgan fingerprint density at radius 2 is 2.64 bits per heavy atom. The second kappa shape index (κ2) is 4.10. The average molecular weight is 177 g/mol. The number of H-pyrrole nitrogens is 1. The first-order valence-electron chi connectivity index (χ1n) is 3.04. The van der Waals surface area contributed by atoms with Crippen molar-refractivity contribution >= 4 is 8.25 Å². The van der Waals surface area contributed by atoms with Crippen molar-refractivity contribution in [1.29, 1.82) is 0 Å². The summed E-state index contributed by atoms with van der Waals surface area (Å²) >= 11 is 0. The normalized spacial score (nSPS) is 12.8. The van der Waals surface area contributed by atoms with Crippen LogP contribution < -0.4 is 4.52 Å². The van der Waals surface area contributed by atoms with Crippen LogP contribution in [0.3, 0.4) is 0 Å². The van der Waals surface area contributed by atoms with Crippen LogP contribution in [0.5, 0.6) is 5.88 Å². The molecule has 62 valence electrons. The summed E-state index contributed by atoms with van der Waals surface area (Å²) in [6.07, 6.45) is 1.39. The molecule has 1 heterocycles. The van der Waals surface area contributed by atoms with Crippen LogP contribution in [0.4, 0.5) is 0 Å². The Morgan fingerprint density at radius 3 is 3.18 bits per heavy atom. The third-order valence-corrected chi connectivity index (χ3v) is 1.74. The number of hydrogen-bond acceptors (Lipinski definition) is 5. The highest BCUT2D eigenvalue weighted by Crippen LogP contribution is 2.24. The summed E-state index contributed by atoms with van der Waals surface area (Å²) in [6.45, 7) is 2.09. The molecule has 0 spiro atoms. The highest BCUT2D eigenvalue weighted by atomic mass is 31.1. The minimum absolute atomic E-state index is 0.183. The standard InChI is InChI=1S/C4H8N3O3P/c1-2-9-11(8)10-4-3-5-7-6-4/h3,11H,2H2,1H3,(H,5,6,7). The summed E-state index contributed by atoms with van der Waals surface area (Å²) in [4.78, 5) is 0. The van der Waals surface area contributed by atoms with Crippen LogP contribution in [-0.4, -0.2) is 22.0 Å². The van der Waals surface area contributed by atoms with Crippen molar-refractivity contribution in [2.75, 3.05) is 6.61 Å². The van der Waals surface area contributed by atoms with Gasteiger partial charge in [-0.2, -0.15) is 0 Å². The van der Waals surface area contributed by atoms with Gasteiger partial charge >= 0.3 is 8.25 Å². The molecule has 0 fully saturated rings. The van der Waals surface area contributed by atoms with Gasteiger partial charge in [0.15, 0.2) is 0 Å². The molecule has 1 N–H and O–H groups in total. The van der Waals surface area contributed by atoms with E-state index in [0.29, 0.717) is 6.61 Å². The van der Waals surface area contributed by atoms with Crippen molar-refractivity contribution in [2.24, 2.45) is 0 Å². The predicted molar refractivity (Wildman–Crippen MR) is 37.6 cm³/mol. The molecule has 1 unspecified atom stereocenters. The van der Waals surface area contributed by atoms with Gasteiger partial charge in [-0.25, -0.2) is 4.57 Å². The summed E-state index contributed by atoms with van der Waals surface area (Å²) in [5.74, 6) is 0.183. The van der Waals surface area contributed by atoms with Crippen molar-refractivity contribution < 1.29 is 13.6 Å². The lowest BCUT2D eigenvalue weighted by Crippen LogP contribution is -1.85. The zero-order chi connectivity index (χ0) is 8.10. The molecule has 0 aliphatic rings. The molecule has 6 nitrogen and oxygen atoms in total. The van der Waals surface area contributed by atoms with Crippen LogP contribution in [0.1, 0.15) is 6.92 Å². The Balaban J connectivity index is 2.37. The molecule has 1 aromatic heterocycles. The van der Waals surface area contributed by atoms with Crippen molar-refractivity contribution in [1.82, 2.24) is 15.4 Å². The zero-order valence-electron chi connectivity index (χ0n) is 5.90. The van der Waals surface area contributed by atoms with Crippen LogP contribution in [0.2, 0.25) is 0 Å². The molecule has 0 amide bonds. The number of rotatable bonds is 4. The van der Waals surface area contributed by atoms with E-state index in [1.165, 1.54) is 6.20 Å². The fourth-order valence-corrected chi connectivity index (χ4v) is 1.04. The Kier molecular flexibility index (Phi) is 3.07. The average Bonchev–Trinajstić information content (AvgIpc) is 2.40. The Labute approximate surface area is 63.9 Å². The first kappa shape index (κ1) is 8.23. The van der Waals surface area contributed by atoms with Gasteiger partial charge in [-0.05, 0) is 6.92 Å². The topological polar surface area (TPSA) is 77.1 Å². The van der Waals surface area contributed by atoms with E-state index in [9.17, 15) is 4.57 Å². The molecular weight excluding hydrogens is 169 g/mol. The van der Waals surface area contributed by atoms with E-state index in [1.54, 1.807) is 6.92 Å². The lowest BCUT2D eigenvalue weighted by atomic mass is 10.9. The molecule has 7 heteroatoms. The lowest BCUT2D eigenvalue weighted by molar-refractivity contribution is 0.299. The van der Waals surface area contributed by atoms with E-state index in [-0.39, 0.29) is 5.88 Å². The number of nitrogens with one attached hydrogen (secondary N) is 1. The highest BCUT2D eigenvalue weighted by Gasteiger charge is 2.01. The second-order valence-corrected chi connectivity index (χ2v) is 2.59. The van der Waals surface area contributed by atoms with Crippen molar-refractivity contribution in [3.05, 3.63) is 6.20 Å². The van der Waals surface area contributed by atoms with Crippen molar-refractivity contribution in [3.63, 3.8) is 0 Å². The van der Waals surface area contributed by atoms with E-state index in [2.05, 4.69) is 19.9 Å². The van der Waals surface area contributed by atoms with Crippen LogP contribution in [0.15, 0.2) is 6.20 Å². The van der Waals surface area contributed by atoms with E-state index in [0.717, 1.165) is 0 Å². The van der Waals surface area contributed by atoms with Gasteiger partial charge in [-0.1, -0.05) is 10.3 Å². The Bertz CT molecular complexity index is 224. The van der Waals surface area contributed by atoms with Gasteiger partial charge in [0.25, 0.3) is 5.88 Å². The third-order valence-electron chi connectivity index (χ3n) is 0.844. The van der Waals surface area contributed by atoms with Gasteiger partial charge in [-0.15, -0.1) is 0 Å². The highest BCUT2D eigenvalue weighted by molar-refractivity contribution is 7.33. The maximum atomic E-state index is 10.8. The first-order valence-corrected chi connectivity index (χ1v) is 4.26. The van der Waals surface area contributed by atoms with Crippen LogP contribution in [-0.2, 0) is 9.09 Å². The summed E-state index contributed by atoms with van der Waals surface area (Å²) in [7, 11) is -2.44. The summed E-state index contributed by atoms with van der Waals surface area (Å²) < 4.78 is 20.1. The maximum absolute atomic E-state index is 10.8. The molecule has 0 saturated heterocycles. The molecule has 1 aromatic rings. The molecule has 0 radical (unpaired) electrons. The molecule has 1 atom stereocenters. The summed E-state index contributed by atoms with van der Waals surface area (Å²) in [5.41, 5.74) is 0. The molecule has 11 heavy (non-hydrogen) atoms. The van der Waals surface area contributed by atoms with Crippen LogP contribution >= 0.6 is 8.25 Å². The molecule has 0 aromatic carbocycles. The number of hydrogen-bond donors (Lipinski definition) is 1. The van der Waals surface area contributed by atoms with Gasteiger partial charge in [0, 0.05) is 0 Å². The first-order chi connectivity index (χ1) is 5.33. The van der Waals surface area contributed by atoms with Crippen molar-refractivity contribution in [3.8, 4) is 5.88 Å². The number of aromatic nitrogens is 3. The maximum Gasteiger partial charge on any atom is 0.369 e. The zero-order valence-corrected chi connectivity index (χ0v) is 6.90. The largest absolute Gasteiger partial charge is 0.404 e. The molecule has 0 saturated carbocycles. The molecule has 1 rings (SSSR count). The van der Waals surface area contributed by atoms with E-state index in [4.69, 9.17) is 4.52 Å². The molecular formula is C4H8N3O3P. The van der Waals surface area contributed by atoms with Crippen LogP contribution in [0.25, 0.3) is 0 Å². The SMILES string of the molecule is CCO[PH](=O)Oc1c[nH]nn1. The predicted octanol–water partition coefficient (Wildman–Crippen LogP) is 0.610. The monoisotopic (exact) mass is 177 g/mol. The van der Waals surface area contributed by atoms with E-state index in [1.807, 2.05) is 0 Å². The lowest BCUT2D eigenvalue weighted by Gasteiger charge is -1.99. The molecule has 0 bridgehead atoms. The van der Waals surface area contributed by atoms with Crippen LogP contribution in [0, 0.1) is 0 Å². The fourth-order valence-electron chi connectivity index (χ4n) is 0.474. The van der Waals surface area contributed by atoms with Gasteiger partial charge < -0.3 is 9.05 Å². The Morgan fingerprint density at radius 1 is 1.82 bits per heavy atom. The van der Waals surface area contributed by atoms with Gasteiger partial charge in [0.2, 0.25) is 0 Å². The third kappa shape index (κ3) is 2.69. The van der Waals surface area contributed by atoms with Gasteiger partial charge in [-0.3, -0.25) is 5.10 Å². The quantitative estimate of drug-likeness (QED) is 0.681. The van der Waals surface area contributed by atoms with Gasteiger partial charge in [0.05, 0.1) is 12.8 Å². The summed E-state index contributed by atoms with van der Waals surface area (Å²) in [5, 5.41) is 9.23. The van der Waals surface area contributed by atoms with E-state index < -0.39 is 8.25 Å². The summed E-state index contributed by atoms with van der Waals surface area (Å²) in [6, 6.07) is 0. The second-order valence-electron chi connectivity index (χ2n) is 1.60. The smallest absolute Gasteiger partial charge is 0.369 e. The number of aromatic amines is 1. The Hall–Kier alpha value is -0.870.